The Morgan fingerprint density at radius 2 is 2.07 bits per heavy atom. The summed E-state index contributed by atoms with van der Waals surface area (Å²) in [5, 5.41) is 1.33. The van der Waals surface area contributed by atoms with E-state index in [1.54, 1.807) is 22.2 Å². The molecule has 3 aromatic heterocycles. The van der Waals surface area contributed by atoms with Gasteiger partial charge in [-0.2, -0.15) is 0 Å². The lowest BCUT2D eigenvalue weighted by Crippen LogP contribution is -2.41. The van der Waals surface area contributed by atoms with Crippen LogP contribution >= 0.6 is 23.1 Å². The minimum atomic E-state index is -0.0304. The van der Waals surface area contributed by atoms with E-state index in [-0.39, 0.29) is 17.2 Å². The second-order valence-corrected chi connectivity index (χ2v) is 9.56. The van der Waals surface area contributed by atoms with Gasteiger partial charge < -0.3 is 14.1 Å². The van der Waals surface area contributed by atoms with Crippen molar-refractivity contribution in [3.8, 4) is 0 Å². The Labute approximate surface area is 182 Å². The van der Waals surface area contributed by atoms with E-state index in [0.717, 1.165) is 35.9 Å². The summed E-state index contributed by atoms with van der Waals surface area (Å²) in [4.78, 5) is 34.9. The van der Waals surface area contributed by atoms with E-state index in [4.69, 9.17) is 14.1 Å². The van der Waals surface area contributed by atoms with Crippen molar-refractivity contribution < 1.29 is 13.9 Å². The number of furan rings is 1. The van der Waals surface area contributed by atoms with Crippen LogP contribution in [0.3, 0.4) is 0 Å². The molecular weight excluding hydrogens is 422 g/mol. The first-order valence-electron chi connectivity index (χ1n) is 10.3. The summed E-state index contributed by atoms with van der Waals surface area (Å²) >= 11 is 2.96. The number of carbonyl (C=O) groups excluding carboxylic acids is 1. The fraction of sp³-hybridized carbons (Fsp3) is 0.476. The number of thioether (sulfide) groups is 1. The van der Waals surface area contributed by atoms with Crippen molar-refractivity contribution in [3.05, 3.63) is 45.0 Å². The minimum absolute atomic E-state index is 0.0304. The highest BCUT2D eigenvalue weighted by atomic mass is 32.2. The standard InChI is InChI=1S/C21H23N3O4S2/c25-17(23-7-10-27-11-8-23)13-29-21-22-19-18(15-5-1-2-6-16(15)30-19)20(26)24(21)12-14-4-3-9-28-14/h3-4,9H,1-2,5-8,10-13H2. The quantitative estimate of drug-likeness (QED) is 0.444. The first-order valence-corrected chi connectivity index (χ1v) is 12.1. The lowest BCUT2D eigenvalue weighted by Gasteiger charge is -2.26. The number of rotatable bonds is 5. The fourth-order valence-corrected chi connectivity index (χ4v) is 6.26. The molecular formula is C21H23N3O4S2. The van der Waals surface area contributed by atoms with E-state index >= 15 is 0 Å². The van der Waals surface area contributed by atoms with Crippen LogP contribution in [0, 0.1) is 0 Å². The number of aromatic nitrogens is 2. The molecule has 0 unspecified atom stereocenters. The third kappa shape index (κ3) is 3.81. The Bertz CT molecular complexity index is 1110. The van der Waals surface area contributed by atoms with Gasteiger partial charge in [0, 0.05) is 18.0 Å². The van der Waals surface area contributed by atoms with Crippen LogP contribution in [0.15, 0.2) is 32.8 Å². The molecule has 158 valence electrons. The van der Waals surface area contributed by atoms with Crippen LogP contribution in [0.25, 0.3) is 10.2 Å². The number of carbonyl (C=O) groups is 1. The Kier molecular flexibility index (Phi) is 5.66. The predicted octanol–water partition coefficient (Wildman–Crippen LogP) is 2.93. The van der Waals surface area contributed by atoms with Crippen molar-refractivity contribution >= 4 is 39.2 Å². The molecule has 0 N–H and O–H groups in total. The van der Waals surface area contributed by atoms with Gasteiger partial charge in [0.05, 0.1) is 37.2 Å². The maximum Gasteiger partial charge on any atom is 0.263 e. The van der Waals surface area contributed by atoms with E-state index in [9.17, 15) is 9.59 Å². The van der Waals surface area contributed by atoms with Crippen molar-refractivity contribution in [2.45, 2.75) is 37.4 Å². The molecule has 1 fully saturated rings. The van der Waals surface area contributed by atoms with Gasteiger partial charge in [0.2, 0.25) is 5.91 Å². The summed E-state index contributed by atoms with van der Waals surface area (Å²) < 4.78 is 12.5. The van der Waals surface area contributed by atoms with Crippen molar-refractivity contribution in [3.63, 3.8) is 0 Å². The average molecular weight is 446 g/mol. The molecule has 0 atom stereocenters. The number of fused-ring (bicyclic) bond motifs is 3. The number of hydrogen-bond donors (Lipinski definition) is 0. The summed E-state index contributed by atoms with van der Waals surface area (Å²) in [5.41, 5.74) is 1.14. The molecule has 0 radical (unpaired) electrons. The zero-order valence-corrected chi connectivity index (χ0v) is 18.2. The first-order chi connectivity index (χ1) is 14.7. The number of thiophene rings is 1. The third-order valence-corrected chi connectivity index (χ3v) is 7.77. The number of morpholine rings is 1. The predicted molar refractivity (Wildman–Crippen MR) is 116 cm³/mol. The van der Waals surface area contributed by atoms with Gasteiger partial charge in [-0.1, -0.05) is 11.8 Å². The molecule has 0 aromatic carbocycles. The van der Waals surface area contributed by atoms with Crippen LogP contribution in [-0.4, -0.2) is 52.4 Å². The molecule has 1 aliphatic carbocycles. The fourth-order valence-electron chi connectivity index (χ4n) is 4.06. The molecule has 4 heterocycles. The van der Waals surface area contributed by atoms with Crippen LogP contribution < -0.4 is 5.56 Å². The number of aryl methyl sites for hydroxylation is 2. The van der Waals surface area contributed by atoms with E-state index in [0.29, 0.717) is 43.8 Å². The third-order valence-electron chi connectivity index (χ3n) is 5.62. The van der Waals surface area contributed by atoms with E-state index < -0.39 is 0 Å². The summed E-state index contributed by atoms with van der Waals surface area (Å²) in [6, 6.07) is 3.67. The van der Waals surface area contributed by atoms with Crippen LogP contribution in [0.2, 0.25) is 0 Å². The number of amides is 1. The Morgan fingerprint density at radius 3 is 2.87 bits per heavy atom. The lowest BCUT2D eigenvalue weighted by molar-refractivity contribution is -0.132. The van der Waals surface area contributed by atoms with E-state index in [2.05, 4.69) is 0 Å². The zero-order valence-electron chi connectivity index (χ0n) is 16.6. The molecule has 1 amide bonds. The number of nitrogens with zero attached hydrogens (tertiary/aromatic N) is 3. The highest BCUT2D eigenvalue weighted by Gasteiger charge is 2.24. The van der Waals surface area contributed by atoms with Gasteiger partial charge >= 0.3 is 0 Å². The molecule has 0 spiro atoms. The maximum absolute atomic E-state index is 13.5. The zero-order chi connectivity index (χ0) is 20.5. The monoisotopic (exact) mass is 445 g/mol. The molecule has 30 heavy (non-hydrogen) atoms. The van der Waals surface area contributed by atoms with Gasteiger partial charge in [-0.25, -0.2) is 4.98 Å². The van der Waals surface area contributed by atoms with Gasteiger partial charge in [-0.3, -0.25) is 14.2 Å². The molecule has 5 rings (SSSR count). The normalized spacial score (nSPS) is 16.7. The molecule has 0 bridgehead atoms. The molecule has 3 aromatic rings. The second kappa shape index (κ2) is 8.56. The molecule has 2 aliphatic rings. The maximum atomic E-state index is 13.5. The highest BCUT2D eigenvalue weighted by Crippen LogP contribution is 2.34. The van der Waals surface area contributed by atoms with Crippen molar-refractivity contribution in [2.75, 3.05) is 32.1 Å². The highest BCUT2D eigenvalue weighted by molar-refractivity contribution is 7.99. The minimum Gasteiger partial charge on any atom is -0.467 e. The smallest absolute Gasteiger partial charge is 0.263 e. The van der Waals surface area contributed by atoms with Gasteiger partial charge in [-0.15, -0.1) is 11.3 Å². The van der Waals surface area contributed by atoms with Crippen LogP contribution in [-0.2, 0) is 28.9 Å². The van der Waals surface area contributed by atoms with Crippen molar-refractivity contribution in [1.82, 2.24) is 14.5 Å². The molecule has 0 saturated carbocycles. The van der Waals surface area contributed by atoms with Crippen LogP contribution in [0.1, 0.15) is 29.0 Å². The van der Waals surface area contributed by atoms with Crippen LogP contribution in [0.4, 0.5) is 0 Å². The Morgan fingerprint density at radius 1 is 1.23 bits per heavy atom. The van der Waals surface area contributed by atoms with Gasteiger partial charge in [-0.05, 0) is 43.4 Å². The SMILES string of the molecule is O=C(CSc1nc2sc3c(c2c(=O)n1Cc1ccco1)CCCC3)N1CCOCC1. The lowest BCUT2D eigenvalue weighted by atomic mass is 9.97. The second-order valence-electron chi connectivity index (χ2n) is 7.54. The Balaban J connectivity index is 1.50. The van der Waals surface area contributed by atoms with Gasteiger partial charge in [0.25, 0.3) is 5.56 Å². The molecule has 7 nitrogen and oxygen atoms in total. The van der Waals surface area contributed by atoms with Crippen molar-refractivity contribution in [2.24, 2.45) is 0 Å². The number of ether oxygens (including phenoxy) is 1. The molecule has 9 heteroatoms. The Hall–Kier alpha value is -2.10. The first kappa shape index (κ1) is 19.8. The molecule has 1 aliphatic heterocycles. The van der Waals surface area contributed by atoms with Crippen molar-refractivity contribution in [1.29, 1.82) is 0 Å². The van der Waals surface area contributed by atoms with Gasteiger partial charge in [0.1, 0.15) is 10.6 Å². The van der Waals surface area contributed by atoms with E-state index in [1.165, 1.54) is 22.2 Å². The number of hydrogen-bond acceptors (Lipinski definition) is 7. The largest absolute Gasteiger partial charge is 0.467 e. The summed E-state index contributed by atoms with van der Waals surface area (Å²) in [7, 11) is 0. The summed E-state index contributed by atoms with van der Waals surface area (Å²) in [6.45, 7) is 2.69. The topological polar surface area (TPSA) is 77.6 Å². The van der Waals surface area contributed by atoms with Crippen LogP contribution in [0.5, 0.6) is 0 Å². The summed E-state index contributed by atoms with van der Waals surface area (Å²) in [5.74, 6) is 0.998. The molecule has 1 saturated heterocycles. The van der Waals surface area contributed by atoms with E-state index in [1.807, 2.05) is 17.0 Å². The van der Waals surface area contributed by atoms with Gasteiger partial charge in [0.15, 0.2) is 5.16 Å². The summed E-state index contributed by atoms with van der Waals surface area (Å²) in [6.07, 6.45) is 5.84. The average Bonchev–Trinajstić information content (AvgIpc) is 3.42.